The van der Waals surface area contributed by atoms with Crippen LogP contribution in [0.2, 0.25) is 0 Å². The van der Waals surface area contributed by atoms with Crippen LogP contribution < -0.4 is 0 Å². The Morgan fingerprint density at radius 1 is 1.21 bits per heavy atom. The van der Waals surface area contributed by atoms with Crippen molar-refractivity contribution in [3.63, 3.8) is 0 Å². The van der Waals surface area contributed by atoms with Crippen LogP contribution in [0.15, 0.2) is 12.2 Å². The number of fused-ring (bicyclic) bond motifs is 2. The molecule has 0 radical (unpaired) electrons. The van der Waals surface area contributed by atoms with Crippen molar-refractivity contribution < 1.29 is 0 Å². The molecule has 4 aliphatic carbocycles. The third kappa shape index (κ3) is 0.708. The highest BCUT2D eigenvalue weighted by Crippen LogP contribution is 2.86. The van der Waals surface area contributed by atoms with E-state index in [1.54, 1.807) is 25.7 Å². The van der Waals surface area contributed by atoms with Gasteiger partial charge in [-0.15, -0.1) is 0 Å². The maximum Gasteiger partial charge on any atom is -0.00842 e. The molecule has 0 aliphatic heterocycles. The van der Waals surface area contributed by atoms with E-state index in [1.807, 2.05) is 0 Å². The van der Waals surface area contributed by atoms with Gasteiger partial charge in [0.2, 0.25) is 0 Å². The summed E-state index contributed by atoms with van der Waals surface area (Å²) in [7, 11) is 0. The zero-order valence-electron chi connectivity index (χ0n) is 9.13. The van der Waals surface area contributed by atoms with Crippen LogP contribution in [0, 0.1) is 28.6 Å². The predicted octanol–water partition coefficient (Wildman–Crippen LogP) is 3.78. The molecule has 0 nitrogen and oxygen atoms in total. The maximum absolute atomic E-state index is 2.61. The highest BCUT2D eigenvalue weighted by Gasteiger charge is 2.78. The topological polar surface area (TPSA) is 0 Å². The summed E-state index contributed by atoms with van der Waals surface area (Å²) in [6, 6.07) is 0. The molecule has 0 bridgehead atoms. The normalized spacial score (nSPS) is 62.5. The minimum absolute atomic E-state index is 0.710. The molecular formula is C14H20. The van der Waals surface area contributed by atoms with E-state index >= 15 is 0 Å². The average molecular weight is 188 g/mol. The van der Waals surface area contributed by atoms with Gasteiger partial charge in [-0.3, -0.25) is 0 Å². The molecule has 4 aliphatic rings. The molecule has 0 saturated heterocycles. The first-order valence-corrected chi connectivity index (χ1v) is 6.48. The van der Waals surface area contributed by atoms with Crippen LogP contribution in [0.4, 0.5) is 0 Å². The molecule has 4 fully saturated rings. The van der Waals surface area contributed by atoms with Gasteiger partial charge in [0.25, 0.3) is 0 Å². The third-order valence-corrected chi connectivity index (χ3v) is 5.91. The van der Waals surface area contributed by atoms with E-state index in [0.29, 0.717) is 5.41 Å². The molecule has 1 spiro atoms. The van der Waals surface area contributed by atoms with Gasteiger partial charge in [0.1, 0.15) is 0 Å². The molecular weight excluding hydrogens is 168 g/mol. The van der Waals surface area contributed by atoms with Crippen molar-refractivity contribution in [2.45, 2.75) is 45.4 Å². The van der Waals surface area contributed by atoms with E-state index in [0.717, 1.165) is 17.3 Å². The van der Waals surface area contributed by atoms with Crippen molar-refractivity contribution >= 4 is 0 Å². The monoisotopic (exact) mass is 188 g/mol. The molecule has 0 amide bonds. The lowest BCUT2D eigenvalue weighted by atomic mass is 9.53. The second kappa shape index (κ2) is 2.13. The summed E-state index contributed by atoms with van der Waals surface area (Å²) in [5, 5.41) is 0. The van der Waals surface area contributed by atoms with Gasteiger partial charge in [-0.05, 0) is 67.1 Å². The second-order valence-electron chi connectivity index (χ2n) is 6.34. The van der Waals surface area contributed by atoms with E-state index < -0.39 is 0 Å². The Morgan fingerprint density at radius 3 is 2.86 bits per heavy atom. The van der Waals surface area contributed by atoms with Gasteiger partial charge in [-0.25, -0.2) is 0 Å². The van der Waals surface area contributed by atoms with Gasteiger partial charge in [-0.2, -0.15) is 0 Å². The second-order valence-corrected chi connectivity index (χ2v) is 6.34. The van der Waals surface area contributed by atoms with Gasteiger partial charge in [-0.1, -0.05) is 19.1 Å². The van der Waals surface area contributed by atoms with Crippen LogP contribution >= 0.6 is 0 Å². The average Bonchev–Trinajstić information content (AvgIpc) is 2.99. The zero-order valence-corrected chi connectivity index (χ0v) is 9.13. The zero-order chi connectivity index (χ0) is 9.39. The van der Waals surface area contributed by atoms with Crippen molar-refractivity contribution in [1.82, 2.24) is 0 Å². The van der Waals surface area contributed by atoms with Crippen LogP contribution in [-0.4, -0.2) is 0 Å². The summed E-state index contributed by atoms with van der Waals surface area (Å²) in [5.74, 6) is 3.45. The van der Waals surface area contributed by atoms with Crippen LogP contribution in [0.25, 0.3) is 0 Å². The Labute approximate surface area is 86.8 Å². The molecule has 0 heterocycles. The number of hydrogen-bond acceptors (Lipinski definition) is 0. The first-order chi connectivity index (χ1) is 6.81. The summed E-state index contributed by atoms with van der Waals surface area (Å²) >= 11 is 0. The third-order valence-electron chi connectivity index (χ3n) is 5.91. The Kier molecular flexibility index (Phi) is 1.21. The molecule has 0 aromatic rings. The maximum atomic E-state index is 2.61. The molecule has 5 atom stereocenters. The minimum Gasteiger partial charge on any atom is -0.0882 e. The lowest BCUT2D eigenvalue weighted by Gasteiger charge is -2.51. The standard InChI is InChI=1S/C14H20/c1-2-3-5-13-6-4-11(13)12-9-14(12)8-10(14)7-13/h3,5,10-12H,2,4,6-9H2,1H3/b5-3-/t10-,11?,12+,13?,14?/m0/s1. The summed E-state index contributed by atoms with van der Waals surface area (Å²) in [5.41, 5.74) is 1.66. The fourth-order valence-corrected chi connectivity index (χ4v) is 4.90. The van der Waals surface area contributed by atoms with Crippen LogP contribution in [-0.2, 0) is 0 Å². The molecule has 0 aromatic heterocycles. The van der Waals surface area contributed by atoms with E-state index in [9.17, 15) is 0 Å². The van der Waals surface area contributed by atoms with Crippen molar-refractivity contribution in [2.75, 3.05) is 0 Å². The van der Waals surface area contributed by atoms with Crippen molar-refractivity contribution in [3.05, 3.63) is 12.2 Å². The molecule has 14 heavy (non-hydrogen) atoms. The number of rotatable bonds is 2. The Balaban J connectivity index is 1.64. The SMILES string of the molecule is CC/C=C\C12CCC1[C@H]1CC13C[C@@H]3C2. The highest BCUT2D eigenvalue weighted by atomic mass is 14.8. The summed E-state index contributed by atoms with van der Waals surface area (Å²) < 4.78 is 0. The van der Waals surface area contributed by atoms with Crippen molar-refractivity contribution in [2.24, 2.45) is 28.6 Å². The lowest BCUT2D eigenvalue weighted by Crippen LogP contribution is -2.43. The van der Waals surface area contributed by atoms with Gasteiger partial charge < -0.3 is 0 Å². The van der Waals surface area contributed by atoms with Gasteiger partial charge in [0.05, 0.1) is 0 Å². The number of hydrogen-bond donors (Lipinski definition) is 0. The molecule has 3 unspecified atom stereocenters. The van der Waals surface area contributed by atoms with Crippen molar-refractivity contribution in [1.29, 1.82) is 0 Å². The molecule has 76 valence electrons. The van der Waals surface area contributed by atoms with E-state index in [4.69, 9.17) is 0 Å². The molecule has 0 aromatic carbocycles. The van der Waals surface area contributed by atoms with Crippen LogP contribution in [0.3, 0.4) is 0 Å². The van der Waals surface area contributed by atoms with Gasteiger partial charge in [0.15, 0.2) is 0 Å². The Morgan fingerprint density at radius 2 is 2.14 bits per heavy atom. The van der Waals surface area contributed by atoms with E-state index in [1.165, 1.54) is 18.8 Å². The highest BCUT2D eigenvalue weighted by molar-refractivity contribution is 5.30. The van der Waals surface area contributed by atoms with E-state index in [-0.39, 0.29) is 0 Å². The molecule has 4 saturated carbocycles. The quantitative estimate of drug-likeness (QED) is 0.578. The fraction of sp³-hybridized carbons (Fsp3) is 0.857. The van der Waals surface area contributed by atoms with E-state index in [2.05, 4.69) is 19.1 Å². The summed E-state index contributed by atoms with van der Waals surface area (Å²) in [6.45, 7) is 2.27. The molecule has 4 rings (SSSR count). The smallest absolute Gasteiger partial charge is 0.00842 e. The lowest BCUT2D eigenvalue weighted by molar-refractivity contribution is 0.0209. The van der Waals surface area contributed by atoms with Crippen LogP contribution in [0.1, 0.15) is 45.4 Å². The van der Waals surface area contributed by atoms with Crippen LogP contribution in [0.5, 0.6) is 0 Å². The predicted molar refractivity (Wildman–Crippen MR) is 57.9 cm³/mol. The largest absolute Gasteiger partial charge is 0.0882 e. The first-order valence-electron chi connectivity index (χ1n) is 6.48. The summed E-state index contributed by atoms with van der Waals surface area (Å²) in [4.78, 5) is 0. The Bertz CT molecular complexity index is 316. The van der Waals surface area contributed by atoms with Gasteiger partial charge >= 0.3 is 0 Å². The first kappa shape index (κ1) is 7.96. The fourth-order valence-electron chi connectivity index (χ4n) is 4.90. The number of allylic oxidation sites excluding steroid dienone is 2. The Hall–Kier alpha value is -0.260. The molecule has 0 heteroatoms. The summed E-state index contributed by atoms with van der Waals surface area (Å²) in [6.07, 6.45) is 14.1. The van der Waals surface area contributed by atoms with Crippen molar-refractivity contribution in [3.8, 4) is 0 Å². The van der Waals surface area contributed by atoms with Gasteiger partial charge in [0, 0.05) is 0 Å². The molecule has 0 N–H and O–H groups in total. The minimum atomic E-state index is 0.710.